The quantitative estimate of drug-likeness (QED) is 0.0546. The molecule has 352 valence electrons. The van der Waals surface area contributed by atoms with Gasteiger partial charge in [-0.3, -0.25) is 0 Å². The lowest BCUT2D eigenvalue weighted by molar-refractivity contribution is -0.287. The lowest BCUT2D eigenvalue weighted by Gasteiger charge is -2.45. The van der Waals surface area contributed by atoms with Crippen LogP contribution in [0.25, 0.3) is 0 Å². The van der Waals surface area contributed by atoms with Gasteiger partial charge in [0, 0.05) is 5.92 Å². The first-order valence-corrected chi connectivity index (χ1v) is 23.2. The molecule has 5 aromatic carbocycles. The number of hydrogen-bond donors (Lipinski definition) is 0. The number of esters is 2. The Labute approximate surface area is 393 Å². The lowest BCUT2D eigenvalue weighted by atomic mass is 9.89. The van der Waals surface area contributed by atoms with Crippen LogP contribution < -0.4 is 0 Å². The van der Waals surface area contributed by atoms with Gasteiger partial charge in [-0.05, 0) is 65.9 Å². The monoisotopic (exact) mass is 912 g/mol. The van der Waals surface area contributed by atoms with Crippen molar-refractivity contribution in [2.45, 2.75) is 108 Å². The van der Waals surface area contributed by atoms with Crippen LogP contribution in [0.3, 0.4) is 0 Å². The Morgan fingerprint density at radius 2 is 1.04 bits per heavy atom. The van der Waals surface area contributed by atoms with Gasteiger partial charge in [0.05, 0.1) is 63.0 Å². The molecule has 3 aliphatic heterocycles. The number of carbonyl (C=O) groups excluding carboxylic acids is 2. The normalized spacial score (nSPS) is 27.2. The predicted molar refractivity (Wildman–Crippen MR) is 249 cm³/mol. The third kappa shape index (κ3) is 12.9. The van der Waals surface area contributed by atoms with Crippen LogP contribution in [-0.2, 0) is 67.2 Å². The van der Waals surface area contributed by atoms with Crippen molar-refractivity contribution < 1.29 is 57.0 Å². The second-order valence-corrected chi connectivity index (χ2v) is 17.1. The maximum atomic E-state index is 13.6. The molecule has 0 unspecified atom stereocenters. The van der Waals surface area contributed by atoms with Crippen molar-refractivity contribution in [1.82, 2.24) is 0 Å². The van der Waals surface area contributed by atoms with Gasteiger partial charge >= 0.3 is 11.9 Å². The van der Waals surface area contributed by atoms with Gasteiger partial charge in [0.2, 0.25) is 0 Å². The van der Waals surface area contributed by atoms with E-state index in [4.69, 9.17) is 47.4 Å². The summed E-state index contributed by atoms with van der Waals surface area (Å²) in [6.07, 6.45) is -4.41. The summed E-state index contributed by atoms with van der Waals surface area (Å²) in [6, 6.07) is 47.4. The summed E-state index contributed by atoms with van der Waals surface area (Å²) in [5.74, 6) is -1.46. The Bertz CT molecular complexity index is 2300. The highest BCUT2D eigenvalue weighted by molar-refractivity contribution is 5.90. The predicted octanol–water partition coefficient (Wildman–Crippen LogP) is 9.07. The smallest absolute Gasteiger partial charge is 0.338 e. The second kappa shape index (κ2) is 24.0. The number of carbonyl (C=O) groups is 2. The molecule has 0 bridgehead atoms. The molecule has 5 aromatic rings. The van der Waals surface area contributed by atoms with E-state index in [1.54, 1.807) is 48.5 Å². The third-order valence-electron chi connectivity index (χ3n) is 12.3. The van der Waals surface area contributed by atoms with E-state index >= 15 is 0 Å². The largest absolute Gasteiger partial charge is 0.454 e. The van der Waals surface area contributed by atoms with Gasteiger partial charge in [-0.15, -0.1) is 0 Å². The summed E-state index contributed by atoms with van der Waals surface area (Å²) in [4.78, 5) is 27.1. The zero-order valence-corrected chi connectivity index (χ0v) is 38.2. The SMILES string of the molecule is CC[C@H]1O[C@@H](OCC2=C[C@H](O[C@@H]3[C@@H](OCc4ccccc4)[C@H](OCc4ccccc4)[C@@H](COCc4ccccc4)O[C@H]3C)OC2)[C@H](OC(=O)c2ccccc2)[C@@H](OC(=O)c2ccccc2)[C@@H]1C. The topological polar surface area (TPSA) is 126 Å². The van der Waals surface area contributed by atoms with Crippen LogP contribution in [0.5, 0.6) is 0 Å². The van der Waals surface area contributed by atoms with Crippen LogP contribution >= 0.6 is 0 Å². The van der Waals surface area contributed by atoms with Gasteiger partial charge in [-0.25, -0.2) is 9.59 Å². The van der Waals surface area contributed by atoms with E-state index in [1.807, 2.05) is 130 Å². The lowest BCUT2D eigenvalue weighted by Crippen LogP contribution is -2.61. The van der Waals surface area contributed by atoms with Crippen LogP contribution in [0.4, 0.5) is 0 Å². The van der Waals surface area contributed by atoms with Crippen molar-refractivity contribution in [3.05, 3.63) is 191 Å². The molecular formula is C55H60O12. The first-order valence-electron chi connectivity index (χ1n) is 23.2. The minimum atomic E-state index is -1.09. The maximum Gasteiger partial charge on any atom is 0.338 e. The Morgan fingerprint density at radius 1 is 0.537 bits per heavy atom. The number of rotatable bonds is 20. The number of hydrogen-bond acceptors (Lipinski definition) is 12. The first-order chi connectivity index (χ1) is 32.8. The summed E-state index contributed by atoms with van der Waals surface area (Å²) < 4.78 is 64.8. The molecule has 0 aliphatic carbocycles. The van der Waals surface area contributed by atoms with Crippen molar-refractivity contribution in [2.24, 2.45) is 5.92 Å². The van der Waals surface area contributed by atoms with Crippen molar-refractivity contribution in [2.75, 3.05) is 19.8 Å². The zero-order valence-electron chi connectivity index (χ0n) is 38.2. The van der Waals surface area contributed by atoms with E-state index in [2.05, 4.69) is 0 Å². The highest BCUT2D eigenvalue weighted by Gasteiger charge is 2.50. The molecule has 2 saturated heterocycles. The van der Waals surface area contributed by atoms with E-state index in [9.17, 15) is 9.59 Å². The van der Waals surface area contributed by atoms with Crippen LogP contribution in [0.2, 0.25) is 0 Å². The average Bonchev–Trinajstić information content (AvgIpc) is 3.83. The first kappa shape index (κ1) is 47.9. The van der Waals surface area contributed by atoms with Crippen molar-refractivity contribution in [1.29, 1.82) is 0 Å². The fraction of sp³-hybridized carbons (Fsp3) is 0.382. The average molecular weight is 913 g/mol. The minimum absolute atomic E-state index is 0.0579. The molecule has 3 heterocycles. The summed E-state index contributed by atoms with van der Waals surface area (Å²) >= 11 is 0. The molecule has 0 amide bonds. The summed E-state index contributed by atoms with van der Waals surface area (Å²) in [5.41, 5.74) is 4.57. The summed E-state index contributed by atoms with van der Waals surface area (Å²) in [5, 5.41) is 0. The van der Waals surface area contributed by atoms with Gasteiger partial charge in [0.25, 0.3) is 0 Å². The molecule has 0 radical (unpaired) electrons. The molecule has 8 rings (SSSR count). The van der Waals surface area contributed by atoms with Gasteiger partial charge in [0.1, 0.15) is 30.5 Å². The van der Waals surface area contributed by atoms with E-state index in [0.717, 1.165) is 22.3 Å². The van der Waals surface area contributed by atoms with E-state index in [0.29, 0.717) is 37.4 Å². The van der Waals surface area contributed by atoms with Crippen molar-refractivity contribution in [3.63, 3.8) is 0 Å². The zero-order chi connectivity index (χ0) is 46.4. The van der Waals surface area contributed by atoms with Gasteiger partial charge in [-0.2, -0.15) is 0 Å². The fourth-order valence-corrected chi connectivity index (χ4v) is 8.67. The second-order valence-electron chi connectivity index (χ2n) is 17.1. The van der Waals surface area contributed by atoms with E-state index in [1.165, 1.54) is 0 Å². The number of ether oxygens (including phenoxy) is 10. The van der Waals surface area contributed by atoms with Crippen LogP contribution in [0, 0.1) is 5.92 Å². The van der Waals surface area contributed by atoms with E-state index < -0.39 is 67.2 Å². The number of benzene rings is 5. The highest BCUT2D eigenvalue weighted by Crippen LogP contribution is 2.35. The van der Waals surface area contributed by atoms with Crippen LogP contribution in [-0.4, -0.2) is 93.2 Å². The summed E-state index contributed by atoms with van der Waals surface area (Å²) in [6.45, 7) is 7.47. The van der Waals surface area contributed by atoms with Crippen molar-refractivity contribution >= 4 is 11.9 Å². The molecule has 0 N–H and O–H groups in total. The fourth-order valence-electron chi connectivity index (χ4n) is 8.67. The molecule has 0 spiro atoms. The van der Waals surface area contributed by atoms with Gasteiger partial charge < -0.3 is 47.4 Å². The molecule has 0 aromatic heterocycles. The molecule has 12 nitrogen and oxygen atoms in total. The van der Waals surface area contributed by atoms with E-state index in [-0.39, 0.29) is 31.8 Å². The van der Waals surface area contributed by atoms with Crippen LogP contribution in [0.1, 0.15) is 64.6 Å². The molecule has 67 heavy (non-hydrogen) atoms. The standard InChI is InChI=1S/C55H60O12/c1-4-45-37(2)48(66-53(56)43-26-16-8-17-27-43)52(67-54(57)44-28-18-9-19-29-44)55(64-45)62-35-42-30-47(59-34-42)65-49-38(3)63-46(36-58-31-39-20-10-5-11-21-39)50(60-32-40-22-12-6-13-23-40)51(49)61-33-41-24-14-7-15-25-41/h5-30,37-38,45-52,55H,4,31-36H2,1-3H3/t37-,38+,45-,46-,47+,48+,49+,50-,51-,52-,55-/m1/s1. The molecule has 12 heteroatoms. The molecule has 11 atom stereocenters. The molecule has 0 saturated carbocycles. The minimum Gasteiger partial charge on any atom is -0.454 e. The molecular weight excluding hydrogens is 853 g/mol. The Morgan fingerprint density at radius 3 is 1.60 bits per heavy atom. The van der Waals surface area contributed by atoms with Gasteiger partial charge in [0.15, 0.2) is 18.7 Å². The van der Waals surface area contributed by atoms with Gasteiger partial charge in [-0.1, -0.05) is 141 Å². The third-order valence-corrected chi connectivity index (χ3v) is 12.3. The highest BCUT2D eigenvalue weighted by atomic mass is 16.7. The Balaban J connectivity index is 0.996. The Hall–Kier alpha value is -5.54. The molecule has 2 fully saturated rings. The summed E-state index contributed by atoms with van der Waals surface area (Å²) in [7, 11) is 0. The maximum absolute atomic E-state index is 13.6. The Kier molecular flexibility index (Phi) is 17.1. The van der Waals surface area contributed by atoms with Crippen molar-refractivity contribution in [3.8, 4) is 0 Å². The van der Waals surface area contributed by atoms with Crippen LogP contribution in [0.15, 0.2) is 163 Å². The molecule has 3 aliphatic rings.